The van der Waals surface area contributed by atoms with Crippen molar-refractivity contribution in [2.45, 2.75) is 37.1 Å². The topological polar surface area (TPSA) is 47.3 Å². The quantitative estimate of drug-likeness (QED) is 0.872. The lowest BCUT2D eigenvalue weighted by Gasteiger charge is -2.40. The lowest BCUT2D eigenvalue weighted by molar-refractivity contribution is -0.273. The monoisotopic (exact) mass is 316 g/mol. The van der Waals surface area contributed by atoms with Gasteiger partial charge >= 0.3 is 6.18 Å². The number of hydrogen-bond donors (Lipinski definition) is 1. The van der Waals surface area contributed by atoms with Gasteiger partial charge in [-0.3, -0.25) is 4.90 Å². The van der Waals surface area contributed by atoms with Gasteiger partial charge in [0.25, 0.3) is 0 Å². The molecule has 0 bridgehead atoms. The minimum Gasteiger partial charge on any atom is -0.380 e. The van der Waals surface area contributed by atoms with Crippen molar-refractivity contribution in [3.63, 3.8) is 0 Å². The Kier molecular flexibility index (Phi) is 4.73. The lowest BCUT2D eigenvalue weighted by atomic mass is 9.89. The molecule has 1 aliphatic rings. The molecule has 0 amide bonds. The van der Waals surface area contributed by atoms with Crippen molar-refractivity contribution in [2.75, 3.05) is 13.1 Å². The highest BCUT2D eigenvalue weighted by Crippen LogP contribution is 2.38. The van der Waals surface area contributed by atoms with Crippen LogP contribution in [-0.4, -0.2) is 40.9 Å². The predicted molar refractivity (Wildman–Crippen MR) is 71.3 cm³/mol. The SMILES string of the molecule is N#CC(Cc1ccc(F)cc1)N1CCC(O)(C(F)(F)F)CC1. The summed E-state index contributed by atoms with van der Waals surface area (Å²) in [5.74, 6) is -0.384. The van der Waals surface area contributed by atoms with Crippen LogP contribution in [0.4, 0.5) is 17.6 Å². The molecule has 0 spiro atoms. The molecule has 1 aromatic carbocycles. The molecule has 2 rings (SSSR count). The molecule has 22 heavy (non-hydrogen) atoms. The Morgan fingerprint density at radius 1 is 1.23 bits per heavy atom. The summed E-state index contributed by atoms with van der Waals surface area (Å²) in [6.45, 7) is -0.00906. The molecule has 1 aliphatic heterocycles. The highest BCUT2D eigenvalue weighted by atomic mass is 19.4. The first-order chi connectivity index (χ1) is 10.2. The summed E-state index contributed by atoms with van der Waals surface area (Å²) in [5.41, 5.74) is -1.93. The average Bonchev–Trinajstić information content (AvgIpc) is 2.47. The summed E-state index contributed by atoms with van der Waals surface area (Å²) in [4.78, 5) is 1.63. The standard InChI is InChI=1S/C15H16F4N2O/c16-12-3-1-11(2-4-12)9-13(10-20)21-7-5-14(22,6-8-21)15(17,18)19/h1-4,13,22H,5-9H2. The van der Waals surface area contributed by atoms with E-state index in [4.69, 9.17) is 0 Å². The van der Waals surface area contributed by atoms with E-state index in [0.29, 0.717) is 6.42 Å². The van der Waals surface area contributed by atoms with E-state index in [2.05, 4.69) is 6.07 Å². The van der Waals surface area contributed by atoms with Gasteiger partial charge in [0, 0.05) is 19.5 Å². The van der Waals surface area contributed by atoms with Gasteiger partial charge in [0.1, 0.15) is 11.9 Å². The van der Waals surface area contributed by atoms with Crippen LogP contribution in [0.3, 0.4) is 0 Å². The van der Waals surface area contributed by atoms with Crippen LogP contribution in [0.15, 0.2) is 24.3 Å². The van der Waals surface area contributed by atoms with E-state index in [9.17, 15) is 27.9 Å². The highest BCUT2D eigenvalue weighted by Gasteiger charge is 2.54. The average molecular weight is 316 g/mol. The van der Waals surface area contributed by atoms with Crippen LogP contribution >= 0.6 is 0 Å². The third-order valence-corrected chi connectivity index (χ3v) is 4.08. The van der Waals surface area contributed by atoms with Crippen molar-refractivity contribution in [3.8, 4) is 6.07 Å². The first-order valence-corrected chi connectivity index (χ1v) is 6.92. The summed E-state index contributed by atoms with van der Waals surface area (Å²) in [6, 6.07) is 7.14. The molecule has 1 aromatic rings. The van der Waals surface area contributed by atoms with E-state index in [1.54, 1.807) is 17.0 Å². The molecular formula is C15H16F4N2O. The Bertz CT molecular complexity index is 542. The number of likely N-dealkylation sites (tertiary alicyclic amines) is 1. The van der Waals surface area contributed by atoms with Gasteiger partial charge in [0.05, 0.1) is 6.07 Å². The second-order valence-corrected chi connectivity index (χ2v) is 5.54. The molecule has 120 valence electrons. The maximum Gasteiger partial charge on any atom is 0.417 e. The van der Waals surface area contributed by atoms with Crippen molar-refractivity contribution in [1.82, 2.24) is 4.90 Å². The Labute approximate surface area is 125 Å². The summed E-state index contributed by atoms with van der Waals surface area (Å²) in [6.07, 6.45) is -5.24. The molecule has 0 aliphatic carbocycles. The second kappa shape index (κ2) is 6.23. The second-order valence-electron chi connectivity index (χ2n) is 5.54. The van der Waals surface area contributed by atoms with Crippen LogP contribution in [-0.2, 0) is 6.42 Å². The molecule has 0 radical (unpaired) electrons. The minimum absolute atomic E-state index is 0.00453. The van der Waals surface area contributed by atoms with Gasteiger partial charge < -0.3 is 5.11 Å². The fraction of sp³-hybridized carbons (Fsp3) is 0.533. The highest BCUT2D eigenvalue weighted by molar-refractivity contribution is 5.19. The van der Waals surface area contributed by atoms with Gasteiger partial charge in [0.2, 0.25) is 0 Å². The molecule has 1 atom stereocenters. The van der Waals surface area contributed by atoms with Crippen molar-refractivity contribution in [1.29, 1.82) is 5.26 Å². The number of rotatable bonds is 3. The Balaban J connectivity index is 1.99. The number of nitriles is 1. The van der Waals surface area contributed by atoms with Crippen LogP contribution in [0.25, 0.3) is 0 Å². The van der Waals surface area contributed by atoms with Crippen molar-refractivity contribution < 1.29 is 22.7 Å². The Morgan fingerprint density at radius 2 is 1.77 bits per heavy atom. The number of alkyl halides is 3. The minimum atomic E-state index is -4.65. The van der Waals surface area contributed by atoms with E-state index >= 15 is 0 Å². The molecular weight excluding hydrogens is 300 g/mol. The maximum atomic E-state index is 12.8. The van der Waals surface area contributed by atoms with Crippen molar-refractivity contribution in [3.05, 3.63) is 35.6 Å². The van der Waals surface area contributed by atoms with Crippen molar-refractivity contribution >= 4 is 0 Å². The van der Waals surface area contributed by atoms with Gasteiger partial charge in [-0.2, -0.15) is 18.4 Å². The number of halogens is 4. The molecule has 7 heteroatoms. The fourth-order valence-electron chi connectivity index (χ4n) is 2.59. The van der Waals surface area contributed by atoms with Crippen LogP contribution in [0, 0.1) is 17.1 Å². The van der Waals surface area contributed by atoms with E-state index in [1.807, 2.05) is 0 Å². The van der Waals surface area contributed by atoms with Gasteiger partial charge in [-0.05, 0) is 30.5 Å². The first-order valence-electron chi connectivity index (χ1n) is 6.92. The maximum absolute atomic E-state index is 12.8. The summed E-state index contributed by atoms with van der Waals surface area (Å²) in [5, 5.41) is 18.9. The summed E-state index contributed by atoms with van der Waals surface area (Å²) in [7, 11) is 0. The van der Waals surface area contributed by atoms with E-state index in [-0.39, 0.29) is 18.9 Å². The van der Waals surface area contributed by atoms with Crippen LogP contribution in [0.1, 0.15) is 18.4 Å². The lowest BCUT2D eigenvalue weighted by Crippen LogP contribution is -2.55. The zero-order valence-electron chi connectivity index (χ0n) is 11.8. The van der Waals surface area contributed by atoms with E-state index < -0.39 is 30.7 Å². The fourth-order valence-corrected chi connectivity index (χ4v) is 2.59. The Morgan fingerprint density at radius 3 is 2.23 bits per heavy atom. The summed E-state index contributed by atoms with van der Waals surface area (Å²) >= 11 is 0. The van der Waals surface area contributed by atoms with Crippen LogP contribution in [0.5, 0.6) is 0 Å². The van der Waals surface area contributed by atoms with Crippen LogP contribution in [0.2, 0.25) is 0 Å². The molecule has 1 saturated heterocycles. The zero-order valence-corrected chi connectivity index (χ0v) is 11.8. The number of nitrogens with zero attached hydrogens (tertiary/aromatic N) is 2. The van der Waals surface area contributed by atoms with Crippen molar-refractivity contribution in [2.24, 2.45) is 0 Å². The first kappa shape index (κ1) is 16.7. The molecule has 1 heterocycles. The zero-order chi connectivity index (χ0) is 16.4. The largest absolute Gasteiger partial charge is 0.417 e. The predicted octanol–water partition coefficient (Wildman–Crippen LogP) is 2.65. The third-order valence-electron chi connectivity index (χ3n) is 4.08. The van der Waals surface area contributed by atoms with Gasteiger partial charge in [-0.25, -0.2) is 4.39 Å². The molecule has 0 aromatic heterocycles. The molecule has 1 fully saturated rings. The molecule has 0 saturated carbocycles. The van der Waals surface area contributed by atoms with Gasteiger partial charge in [-0.15, -0.1) is 0 Å². The normalized spacial score (nSPS) is 20.4. The number of piperidine rings is 1. The molecule has 1 unspecified atom stereocenters. The molecule has 1 N–H and O–H groups in total. The number of benzene rings is 1. The van der Waals surface area contributed by atoms with E-state index in [0.717, 1.165) is 5.56 Å². The molecule has 3 nitrogen and oxygen atoms in total. The smallest absolute Gasteiger partial charge is 0.380 e. The number of hydrogen-bond acceptors (Lipinski definition) is 3. The van der Waals surface area contributed by atoms with Gasteiger partial charge in [0.15, 0.2) is 5.60 Å². The van der Waals surface area contributed by atoms with Crippen LogP contribution < -0.4 is 0 Å². The number of aliphatic hydroxyl groups is 1. The summed E-state index contributed by atoms with van der Waals surface area (Å²) < 4.78 is 51.1. The Hall–Kier alpha value is -1.65. The third kappa shape index (κ3) is 3.57. The van der Waals surface area contributed by atoms with Gasteiger partial charge in [-0.1, -0.05) is 12.1 Å². The van der Waals surface area contributed by atoms with E-state index in [1.165, 1.54) is 12.1 Å².